The Morgan fingerprint density at radius 1 is 0.640 bits per heavy atom. The Morgan fingerprint density at radius 2 is 0.880 bits per heavy atom. The van der Waals surface area contributed by atoms with Crippen LogP contribution in [0.5, 0.6) is 0 Å². The first-order valence-electron chi connectivity index (χ1n) is 4.91. The van der Waals surface area contributed by atoms with Crippen LogP contribution in [0.1, 0.15) is 0 Å². The molecule has 0 aromatic carbocycles. The largest absolute Gasteiger partial charge is 1.00 e. The molecule has 1 aliphatic rings. The topological polar surface area (TPSA) is 57.2 Å². The number of alkyl halides is 13. The van der Waals surface area contributed by atoms with Gasteiger partial charge in [-0.3, -0.25) is 0 Å². The summed E-state index contributed by atoms with van der Waals surface area (Å²) < 4.78 is 199. The zero-order chi connectivity index (χ0) is 20.0. The molecule has 0 spiro atoms. The van der Waals surface area contributed by atoms with Crippen molar-refractivity contribution in [3.05, 3.63) is 0 Å². The molecule has 0 atom stereocenters. The number of halogens is 13. The van der Waals surface area contributed by atoms with E-state index in [4.69, 9.17) is 0 Å². The van der Waals surface area contributed by atoms with Gasteiger partial charge in [-0.05, 0) is 0 Å². The summed E-state index contributed by atoms with van der Waals surface area (Å²) in [5.74, 6) is -32.3. The Kier molecular flexibility index (Phi) is 5.97. The van der Waals surface area contributed by atoms with Gasteiger partial charge in [0.2, 0.25) is 0 Å². The summed E-state index contributed by atoms with van der Waals surface area (Å²) in [4.78, 5) is 0. The van der Waals surface area contributed by atoms with Crippen LogP contribution in [0.15, 0.2) is 0 Å². The minimum absolute atomic E-state index is 0. The van der Waals surface area contributed by atoms with Gasteiger partial charge in [0.05, 0.1) is 0 Å². The summed E-state index contributed by atoms with van der Waals surface area (Å²) in [5.41, 5.74) is -8.11. The van der Waals surface area contributed by atoms with Crippen LogP contribution in [0.3, 0.4) is 0 Å². The number of hydrogen-bond acceptors (Lipinski definition) is 3. The molecule has 0 amide bonds. The predicted octanol–water partition coefficient (Wildman–Crippen LogP) is 0.0268. The maximum atomic E-state index is 13.5. The summed E-state index contributed by atoms with van der Waals surface area (Å²) in [6.07, 6.45) is -7.86. The van der Waals surface area contributed by atoms with Crippen LogP contribution in [0.25, 0.3) is 0 Å². The Bertz CT molecular complexity index is 625. The fraction of sp³-hybridized carbons (Fsp3) is 1.00. The smallest absolute Gasteiger partial charge is 0.745 e. The van der Waals surface area contributed by atoms with Gasteiger partial charge in [0.15, 0.2) is 0 Å². The Labute approximate surface area is 171 Å². The van der Waals surface area contributed by atoms with E-state index in [9.17, 15) is 70.0 Å². The molecule has 0 aliphatic heterocycles. The van der Waals surface area contributed by atoms with Crippen molar-refractivity contribution in [2.45, 2.75) is 40.5 Å². The van der Waals surface area contributed by atoms with Gasteiger partial charge < -0.3 is 4.55 Å². The molecule has 25 heavy (non-hydrogen) atoms. The van der Waals surface area contributed by atoms with E-state index in [1.165, 1.54) is 0 Å². The van der Waals surface area contributed by atoms with Crippen LogP contribution in [-0.2, 0) is 10.1 Å². The molecular weight excluding hydrogens is 450 g/mol. The maximum Gasteiger partial charge on any atom is 1.00 e. The third-order valence-corrected chi connectivity index (χ3v) is 4.40. The minimum atomic E-state index is -8.19. The van der Waals surface area contributed by atoms with Crippen molar-refractivity contribution in [3.63, 3.8) is 0 Å². The number of rotatable bonds is 1. The van der Waals surface area contributed by atoms with E-state index in [-0.39, 0.29) is 51.4 Å². The van der Waals surface area contributed by atoms with Crippen LogP contribution in [0, 0.1) is 0 Å². The van der Waals surface area contributed by atoms with Gasteiger partial charge in [-0.2, -0.15) is 48.3 Å². The molecule has 0 bridgehead atoms. The number of hydrogen-bond donors (Lipinski definition) is 0. The van der Waals surface area contributed by atoms with Crippen LogP contribution in [0.4, 0.5) is 57.1 Å². The molecule has 0 heterocycles. The van der Waals surface area contributed by atoms with E-state index in [0.29, 0.717) is 0 Å². The normalized spacial score (nSPS) is 36.4. The van der Waals surface area contributed by atoms with Crippen molar-refractivity contribution in [1.82, 2.24) is 0 Å². The van der Waals surface area contributed by atoms with Crippen molar-refractivity contribution < 1.29 is 121 Å². The van der Waals surface area contributed by atoms with E-state index in [2.05, 4.69) is 0 Å². The van der Waals surface area contributed by atoms with Crippen molar-refractivity contribution in [3.8, 4) is 0 Å². The van der Waals surface area contributed by atoms with Gasteiger partial charge in [0.1, 0.15) is 10.1 Å². The first-order chi connectivity index (χ1) is 10.0. The molecule has 0 unspecified atom stereocenters. The second-order valence-electron chi connectivity index (χ2n) is 4.50. The minimum Gasteiger partial charge on any atom is -0.745 e. The summed E-state index contributed by atoms with van der Waals surface area (Å²) in [7, 11) is -8.19. The third-order valence-electron chi connectivity index (χ3n) is 3.20. The van der Waals surface area contributed by atoms with Gasteiger partial charge in [-0.1, -0.05) is 0 Å². The monoisotopic (exact) mass is 450 g/mol. The van der Waals surface area contributed by atoms with Crippen LogP contribution < -0.4 is 51.4 Å². The first kappa shape index (κ1) is 25.6. The Balaban J connectivity index is 0.00000576. The third kappa shape index (κ3) is 2.39. The molecule has 0 aromatic rings. The van der Waals surface area contributed by atoms with E-state index in [1.54, 1.807) is 0 Å². The molecule has 0 saturated heterocycles. The van der Waals surface area contributed by atoms with Gasteiger partial charge in [0.25, 0.3) is 0 Å². The van der Waals surface area contributed by atoms with Crippen molar-refractivity contribution in [2.75, 3.05) is 0 Å². The fourth-order valence-electron chi connectivity index (χ4n) is 1.90. The molecule has 1 aliphatic carbocycles. The summed E-state index contributed by atoms with van der Waals surface area (Å²) in [6, 6.07) is 0. The molecule has 1 fully saturated rings. The average Bonchev–Trinajstić information content (AvgIpc) is 2.31. The second-order valence-corrected chi connectivity index (χ2v) is 5.97. The van der Waals surface area contributed by atoms with Crippen LogP contribution in [-0.4, -0.2) is 53.5 Å². The second kappa shape index (κ2) is 5.82. The molecule has 1 saturated carbocycles. The van der Waals surface area contributed by atoms with Crippen LogP contribution in [0.2, 0.25) is 0 Å². The Morgan fingerprint density at radius 3 is 1.04 bits per heavy atom. The fourth-order valence-corrected chi connectivity index (χ4v) is 2.79. The van der Waals surface area contributed by atoms with E-state index < -0.39 is 50.7 Å². The standard InChI is InChI=1S/C7HF13O3S.K/c8-1(7(18,19)20)2(9,10)4(13,14)6(17,24(21,22)23)5(15,16)3(1,11)12;/h(H,21,22,23);/q;+1/p-1. The molecule has 0 radical (unpaired) electrons. The van der Waals surface area contributed by atoms with Gasteiger partial charge in [-0.15, -0.1) is 0 Å². The first-order valence-corrected chi connectivity index (χ1v) is 6.32. The maximum absolute atomic E-state index is 13.5. The van der Waals surface area contributed by atoms with E-state index in [1.807, 2.05) is 0 Å². The molecule has 144 valence electrons. The quantitative estimate of drug-likeness (QED) is 0.322. The zero-order valence-corrected chi connectivity index (χ0v) is 15.0. The van der Waals surface area contributed by atoms with Crippen molar-refractivity contribution in [2.24, 2.45) is 0 Å². The van der Waals surface area contributed by atoms with Gasteiger partial charge >= 0.3 is 91.9 Å². The van der Waals surface area contributed by atoms with Crippen molar-refractivity contribution >= 4 is 10.1 Å². The molecule has 0 N–H and O–H groups in total. The summed E-state index contributed by atoms with van der Waals surface area (Å²) >= 11 is 0. The average molecular weight is 450 g/mol. The Hall–Kier alpha value is 0.636. The zero-order valence-electron chi connectivity index (χ0n) is 11.0. The molecule has 0 aromatic heterocycles. The molecular formula is C7F13KO3S. The SMILES string of the molecule is O=S(=O)([O-])C1(F)C(F)(F)C(F)(F)C(F)(C(F)(F)F)C(F)(F)C1(F)F.[K+]. The van der Waals surface area contributed by atoms with E-state index in [0.717, 1.165) is 0 Å². The summed E-state index contributed by atoms with van der Waals surface area (Å²) in [6.45, 7) is 0. The van der Waals surface area contributed by atoms with Crippen molar-refractivity contribution in [1.29, 1.82) is 0 Å². The predicted molar refractivity (Wildman–Crippen MR) is 43.2 cm³/mol. The van der Waals surface area contributed by atoms with Crippen LogP contribution >= 0.6 is 0 Å². The van der Waals surface area contributed by atoms with Gasteiger partial charge in [0, 0.05) is 0 Å². The molecule has 3 nitrogen and oxygen atoms in total. The van der Waals surface area contributed by atoms with Gasteiger partial charge in [-0.25, -0.2) is 17.2 Å². The summed E-state index contributed by atoms with van der Waals surface area (Å²) in [5, 5.41) is -7.79. The molecule has 18 heteroatoms. The molecule has 1 rings (SSSR count). The van der Waals surface area contributed by atoms with E-state index >= 15 is 0 Å².